The maximum atomic E-state index is 11.9. The molecule has 0 radical (unpaired) electrons. The van der Waals surface area contributed by atoms with E-state index in [1.54, 1.807) is 0 Å². The number of carbonyl (C=O) groups excluding carboxylic acids is 1. The zero-order valence-electron chi connectivity index (χ0n) is 13.8. The normalized spacial score (nSPS) is 19.7. The minimum absolute atomic E-state index is 0.331. The number of amides is 1. The third-order valence-corrected chi connectivity index (χ3v) is 5.03. The summed E-state index contributed by atoms with van der Waals surface area (Å²) >= 11 is 0. The van der Waals surface area contributed by atoms with Crippen molar-refractivity contribution in [3.63, 3.8) is 0 Å². The Balaban J connectivity index is 1.56. The van der Waals surface area contributed by atoms with Crippen LogP contribution in [0.5, 0.6) is 0 Å². The molecule has 3 heterocycles. The largest absolute Gasteiger partial charge is 0.357 e. The quantitative estimate of drug-likeness (QED) is 0.860. The van der Waals surface area contributed by atoms with Gasteiger partial charge in [0.15, 0.2) is 0 Å². The maximum Gasteiger partial charge on any atom is 0.222 e. The first kappa shape index (κ1) is 15.8. The molecule has 5 nitrogen and oxygen atoms in total. The fourth-order valence-electron chi connectivity index (χ4n) is 3.52. The predicted molar refractivity (Wildman–Crippen MR) is 89.1 cm³/mol. The second-order valence-corrected chi connectivity index (χ2v) is 6.67. The van der Waals surface area contributed by atoms with Gasteiger partial charge in [-0.15, -0.1) is 0 Å². The van der Waals surface area contributed by atoms with Crippen LogP contribution in [0.25, 0.3) is 0 Å². The van der Waals surface area contributed by atoms with Gasteiger partial charge in [0.25, 0.3) is 0 Å². The molecule has 3 rings (SSSR count). The van der Waals surface area contributed by atoms with Crippen LogP contribution in [0.4, 0.5) is 5.82 Å². The van der Waals surface area contributed by atoms with Crippen LogP contribution in [0, 0.1) is 24.2 Å². The molecule has 1 amide bonds. The van der Waals surface area contributed by atoms with E-state index in [-0.39, 0.29) is 0 Å². The summed E-state index contributed by atoms with van der Waals surface area (Å²) in [5.74, 6) is 1.83. The first-order valence-electron chi connectivity index (χ1n) is 8.58. The van der Waals surface area contributed by atoms with Crippen LogP contribution in [0.15, 0.2) is 12.1 Å². The van der Waals surface area contributed by atoms with Gasteiger partial charge in [-0.1, -0.05) is 6.07 Å². The van der Waals surface area contributed by atoms with Gasteiger partial charge in [-0.2, -0.15) is 5.26 Å². The Labute approximate surface area is 137 Å². The Morgan fingerprint density at radius 2 is 2.04 bits per heavy atom. The van der Waals surface area contributed by atoms with Crippen molar-refractivity contribution >= 4 is 11.7 Å². The molecule has 0 bridgehead atoms. The van der Waals surface area contributed by atoms with Crippen molar-refractivity contribution in [1.29, 1.82) is 5.26 Å². The van der Waals surface area contributed by atoms with Crippen molar-refractivity contribution in [1.82, 2.24) is 9.88 Å². The zero-order chi connectivity index (χ0) is 16.2. The number of rotatable bonds is 3. The molecule has 2 aliphatic heterocycles. The number of likely N-dealkylation sites (tertiary alicyclic amines) is 1. The summed E-state index contributed by atoms with van der Waals surface area (Å²) in [4.78, 5) is 20.7. The standard InChI is InChI=1S/C18H24N4O/c1-14-5-6-17(20-16(14)12-19)21-10-7-15(8-11-21)13-22-9-3-2-4-18(22)23/h5-6,15H,2-4,7-11,13H2,1H3. The molecule has 0 N–H and O–H groups in total. The lowest BCUT2D eigenvalue weighted by Gasteiger charge is -2.36. The molecule has 2 saturated heterocycles. The van der Waals surface area contributed by atoms with Crippen LogP contribution in [0.1, 0.15) is 43.4 Å². The summed E-state index contributed by atoms with van der Waals surface area (Å²) in [5, 5.41) is 9.12. The average Bonchev–Trinajstić information content (AvgIpc) is 2.58. The molecule has 1 aromatic heterocycles. The maximum absolute atomic E-state index is 11.9. The van der Waals surface area contributed by atoms with Crippen LogP contribution in [-0.2, 0) is 4.79 Å². The van der Waals surface area contributed by atoms with Crippen molar-refractivity contribution in [3.05, 3.63) is 23.4 Å². The highest BCUT2D eigenvalue weighted by Gasteiger charge is 2.25. The van der Waals surface area contributed by atoms with Crippen LogP contribution < -0.4 is 4.90 Å². The van der Waals surface area contributed by atoms with Gasteiger partial charge in [0.2, 0.25) is 5.91 Å². The van der Waals surface area contributed by atoms with Crippen molar-refractivity contribution < 1.29 is 4.79 Å². The molecular weight excluding hydrogens is 288 g/mol. The highest BCUT2D eigenvalue weighted by molar-refractivity contribution is 5.76. The zero-order valence-corrected chi connectivity index (χ0v) is 13.8. The number of hydrogen-bond acceptors (Lipinski definition) is 4. The summed E-state index contributed by atoms with van der Waals surface area (Å²) < 4.78 is 0. The molecule has 5 heteroatoms. The fraction of sp³-hybridized carbons (Fsp3) is 0.611. The number of anilines is 1. The number of nitrogens with zero attached hydrogens (tertiary/aromatic N) is 4. The fourth-order valence-corrected chi connectivity index (χ4v) is 3.52. The van der Waals surface area contributed by atoms with E-state index in [9.17, 15) is 4.79 Å². The van der Waals surface area contributed by atoms with Crippen molar-refractivity contribution in [2.75, 3.05) is 31.1 Å². The Morgan fingerprint density at radius 3 is 2.74 bits per heavy atom. The number of carbonyl (C=O) groups is 1. The van der Waals surface area contributed by atoms with E-state index in [0.717, 1.165) is 69.7 Å². The first-order valence-corrected chi connectivity index (χ1v) is 8.58. The molecular formula is C18H24N4O. The summed E-state index contributed by atoms with van der Waals surface area (Å²) in [6, 6.07) is 6.14. The summed E-state index contributed by atoms with van der Waals surface area (Å²) in [6.45, 7) is 5.67. The molecule has 0 atom stereocenters. The van der Waals surface area contributed by atoms with E-state index in [4.69, 9.17) is 5.26 Å². The topological polar surface area (TPSA) is 60.2 Å². The van der Waals surface area contributed by atoms with Crippen molar-refractivity contribution in [3.8, 4) is 6.07 Å². The van der Waals surface area contributed by atoms with Gasteiger partial charge in [-0.25, -0.2) is 4.98 Å². The molecule has 1 aromatic rings. The number of pyridine rings is 1. The van der Waals surface area contributed by atoms with Crippen LogP contribution in [0.2, 0.25) is 0 Å². The third kappa shape index (κ3) is 3.64. The smallest absolute Gasteiger partial charge is 0.222 e. The Bertz CT molecular complexity index is 614. The SMILES string of the molecule is Cc1ccc(N2CCC(CN3CCCCC3=O)CC2)nc1C#N. The van der Waals surface area contributed by atoms with Gasteiger partial charge in [0.1, 0.15) is 17.6 Å². The second kappa shape index (κ2) is 6.99. The lowest BCUT2D eigenvalue weighted by molar-refractivity contribution is -0.134. The highest BCUT2D eigenvalue weighted by atomic mass is 16.2. The minimum Gasteiger partial charge on any atom is -0.357 e. The van der Waals surface area contributed by atoms with Crippen LogP contribution >= 0.6 is 0 Å². The molecule has 0 aliphatic carbocycles. The van der Waals surface area contributed by atoms with Gasteiger partial charge in [0, 0.05) is 32.6 Å². The van der Waals surface area contributed by atoms with Gasteiger partial charge < -0.3 is 9.80 Å². The van der Waals surface area contributed by atoms with E-state index < -0.39 is 0 Å². The second-order valence-electron chi connectivity index (χ2n) is 6.67. The van der Waals surface area contributed by atoms with E-state index in [0.29, 0.717) is 17.5 Å². The lowest BCUT2D eigenvalue weighted by atomic mass is 9.95. The molecule has 2 fully saturated rings. The molecule has 0 saturated carbocycles. The van der Waals surface area contributed by atoms with Crippen LogP contribution in [0.3, 0.4) is 0 Å². The number of piperidine rings is 2. The van der Waals surface area contributed by atoms with Crippen molar-refractivity contribution in [2.24, 2.45) is 5.92 Å². The minimum atomic E-state index is 0.331. The Hall–Kier alpha value is -2.09. The highest BCUT2D eigenvalue weighted by Crippen LogP contribution is 2.24. The lowest BCUT2D eigenvalue weighted by Crippen LogP contribution is -2.42. The molecule has 0 unspecified atom stereocenters. The van der Waals surface area contributed by atoms with Crippen LogP contribution in [-0.4, -0.2) is 42.0 Å². The molecule has 2 aliphatic rings. The Kier molecular flexibility index (Phi) is 4.80. The van der Waals surface area contributed by atoms with Gasteiger partial charge in [0.05, 0.1) is 0 Å². The van der Waals surface area contributed by atoms with Crippen molar-refractivity contribution in [2.45, 2.75) is 39.0 Å². The molecule has 0 spiro atoms. The Morgan fingerprint density at radius 1 is 1.26 bits per heavy atom. The number of nitriles is 1. The van der Waals surface area contributed by atoms with E-state index >= 15 is 0 Å². The third-order valence-electron chi connectivity index (χ3n) is 5.03. The monoisotopic (exact) mass is 312 g/mol. The van der Waals surface area contributed by atoms with E-state index in [1.165, 1.54) is 0 Å². The summed E-state index contributed by atoms with van der Waals surface area (Å²) in [6.07, 6.45) is 5.09. The number of aryl methyl sites for hydroxylation is 1. The van der Waals surface area contributed by atoms with E-state index in [2.05, 4.69) is 20.9 Å². The summed E-state index contributed by atoms with van der Waals surface area (Å²) in [7, 11) is 0. The van der Waals surface area contributed by atoms with Gasteiger partial charge >= 0.3 is 0 Å². The summed E-state index contributed by atoms with van der Waals surface area (Å²) in [5.41, 5.74) is 1.44. The first-order chi connectivity index (χ1) is 11.2. The number of aromatic nitrogens is 1. The number of hydrogen-bond donors (Lipinski definition) is 0. The molecule has 122 valence electrons. The van der Waals surface area contributed by atoms with E-state index in [1.807, 2.05) is 19.1 Å². The predicted octanol–water partition coefficient (Wildman–Crippen LogP) is 2.49. The average molecular weight is 312 g/mol. The van der Waals surface area contributed by atoms with Gasteiger partial charge in [-0.3, -0.25) is 4.79 Å². The van der Waals surface area contributed by atoms with Gasteiger partial charge in [-0.05, 0) is 50.2 Å². The molecule has 23 heavy (non-hydrogen) atoms. The molecule has 0 aromatic carbocycles.